The van der Waals surface area contributed by atoms with Crippen molar-refractivity contribution in [3.63, 3.8) is 0 Å². The van der Waals surface area contributed by atoms with E-state index < -0.39 is 35.4 Å². The molecule has 0 bridgehead atoms. The molecule has 1 atom stereocenters. The van der Waals surface area contributed by atoms with Gasteiger partial charge in [-0.2, -0.15) is 0 Å². The molecule has 3 aliphatic rings. The molecule has 7 heteroatoms. The Bertz CT molecular complexity index is 1130. The highest BCUT2D eigenvalue weighted by molar-refractivity contribution is 5.67. The lowest BCUT2D eigenvalue weighted by Gasteiger charge is -2.36. The van der Waals surface area contributed by atoms with Crippen molar-refractivity contribution in [3.05, 3.63) is 88.8 Å². The first kappa shape index (κ1) is 26.1. The smallest absolute Gasteiger partial charge is 0.194 e. The van der Waals surface area contributed by atoms with Gasteiger partial charge in [0.05, 0.1) is 13.2 Å². The van der Waals surface area contributed by atoms with E-state index in [9.17, 15) is 13.2 Å². The first-order valence-corrected chi connectivity index (χ1v) is 13.0. The highest BCUT2D eigenvalue weighted by atomic mass is 19.2. The van der Waals surface area contributed by atoms with Crippen molar-refractivity contribution in [1.29, 1.82) is 0 Å². The molecule has 1 saturated carbocycles. The summed E-state index contributed by atoms with van der Waals surface area (Å²) in [4.78, 5) is 0. The average molecular weight is 519 g/mol. The van der Waals surface area contributed by atoms with Crippen LogP contribution in [0.3, 0.4) is 0 Å². The molecule has 198 valence electrons. The fourth-order valence-electron chi connectivity index (χ4n) is 6.13. The number of benzene rings is 2. The van der Waals surface area contributed by atoms with Crippen LogP contribution in [-0.4, -0.2) is 13.2 Å². The fourth-order valence-corrected chi connectivity index (χ4v) is 6.13. The Kier molecular flexibility index (Phi) is 7.82. The molecule has 0 amide bonds. The number of allylic oxidation sites excluding steroid dienone is 2. The lowest BCUT2D eigenvalue weighted by atomic mass is 9.70. The maximum absolute atomic E-state index is 15.0. The first-order chi connectivity index (χ1) is 17.8. The van der Waals surface area contributed by atoms with E-state index in [1.165, 1.54) is 12.1 Å². The van der Waals surface area contributed by atoms with Gasteiger partial charge in [0.2, 0.25) is 0 Å². The zero-order valence-corrected chi connectivity index (χ0v) is 20.6. The van der Waals surface area contributed by atoms with Crippen LogP contribution in [0.25, 0.3) is 5.57 Å². The van der Waals surface area contributed by atoms with Crippen molar-refractivity contribution in [2.75, 3.05) is 13.2 Å². The third kappa shape index (κ3) is 5.53. The van der Waals surface area contributed by atoms with Gasteiger partial charge in [0.25, 0.3) is 0 Å². The molecule has 1 heterocycles. The minimum absolute atomic E-state index is 0.0111. The molecule has 1 unspecified atom stereocenters. The first-order valence-electron chi connectivity index (χ1n) is 13.0. The summed E-state index contributed by atoms with van der Waals surface area (Å²) in [5.74, 6) is -4.02. The number of hydrogen-bond donors (Lipinski definition) is 0. The lowest BCUT2D eigenvalue weighted by molar-refractivity contribution is -0.197. The van der Waals surface area contributed by atoms with Gasteiger partial charge in [-0.15, -0.1) is 6.58 Å². The predicted molar refractivity (Wildman–Crippen MR) is 131 cm³/mol. The molecule has 1 aliphatic heterocycles. The molecule has 0 N–H and O–H groups in total. The monoisotopic (exact) mass is 518 g/mol. The van der Waals surface area contributed by atoms with E-state index in [2.05, 4.69) is 6.58 Å². The molecule has 2 fully saturated rings. The molecular weight excluding hydrogens is 487 g/mol. The third-order valence-corrected chi connectivity index (χ3v) is 8.28. The number of halogens is 5. The van der Waals surface area contributed by atoms with Crippen molar-refractivity contribution in [3.8, 4) is 0 Å². The molecule has 2 aromatic rings. The molecular formula is C30H31F5O2. The molecule has 2 nitrogen and oxygen atoms in total. The van der Waals surface area contributed by atoms with Crippen LogP contribution in [-0.2, 0) is 9.47 Å². The molecule has 1 saturated heterocycles. The summed E-state index contributed by atoms with van der Waals surface area (Å²) in [5, 5.41) is 0. The summed E-state index contributed by atoms with van der Waals surface area (Å²) in [6.07, 6.45) is 8.44. The van der Waals surface area contributed by atoms with E-state index in [1.54, 1.807) is 6.08 Å². The Morgan fingerprint density at radius 3 is 1.86 bits per heavy atom. The van der Waals surface area contributed by atoms with E-state index in [1.807, 2.05) is 6.08 Å². The second kappa shape index (κ2) is 11.1. The Labute approximate surface area is 214 Å². The molecule has 2 aliphatic carbocycles. The Hall–Kier alpha value is -2.51. The summed E-state index contributed by atoms with van der Waals surface area (Å²) in [6.45, 7) is 4.50. The van der Waals surface area contributed by atoms with E-state index in [0.29, 0.717) is 48.2 Å². The van der Waals surface area contributed by atoms with Crippen molar-refractivity contribution >= 4 is 5.57 Å². The van der Waals surface area contributed by atoms with Crippen LogP contribution in [0.15, 0.2) is 43.0 Å². The standard InChI is InChI=1S/C30H31F5O2/c1-2-17-15-36-30(37-16-17)23-13-24(31)28(25(32)14-23)21-9-7-19(8-10-21)18-3-5-20(6-4-18)22-11-26(33)29(35)27(34)12-22/h2,9,11-14,17-20,30H,1,3-8,10,15-16H2. The second-order valence-electron chi connectivity index (χ2n) is 10.5. The van der Waals surface area contributed by atoms with Crippen LogP contribution in [0.4, 0.5) is 22.0 Å². The minimum Gasteiger partial charge on any atom is -0.348 e. The van der Waals surface area contributed by atoms with Crippen molar-refractivity contribution in [2.24, 2.45) is 17.8 Å². The molecule has 5 rings (SSSR count). The van der Waals surface area contributed by atoms with Gasteiger partial charge in [-0.1, -0.05) is 12.2 Å². The van der Waals surface area contributed by atoms with Gasteiger partial charge in [0.1, 0.15) is 11.6 Å². The maximum Gasteiger partial charge on any atom is 0.194 e. The maximum atomic E-state index is 15.0. The Morgan fingerprint density at radius 2 is 1.32 bits per heavy atom. The summed E-state index contributed by atoms with van der Waals surface area (Å²) in [6, 6.07) is 4.81. The van der Waals surface area contributed by atoms with Crippen molar-refractivity contribution < 1.29 is 31.4 Å². The Morgan fingerprint density at radius 1 is 0.730 bits per heavy atom. The van der Waals surface area contributed by atoms with E-state index in [-0.39, 0.29) is 17.4 Å². The average Bonchev–Trinajstić information content (AvgIpc) is 2.91. The van der Waals surface area contributed by atoms with Crippen LogP contribution in [0.2, 0.25) is 0 Å². The molecule has 0 radical (unpaired) electrons. The van der Waals surface area contributed by atoms with Crippen LogP contribution in [0, 0.1) is 46.8 Å². The molecule has 2 aromatic carbocycles. The summed E-state index contributed by atoms with van der Waals surface area (Å²) in [7, 11) is 0. The second-order valence-corrected chi connectivity index (χ2v) is 10.5. The summed E-state index contributed by atoms with van der Waals surface area (Å²) >= 11 is 0. The van der Waals surface area contributed by atoms with Gasteiger partial charge in [-0.3, -0.25) is 0 Å². The van der Waals surface area contributed by atoms with Crippen LogP contribution < -0.4 is 0 Å². The Balaban J connectivity index is 1.20. The largest absolute Gasteiger partial charge is 0.348 e. The molecule has 0 aromatic heterocycles. The summed E-state index contributed by atoms with van der Waals surface area (Å²) in [5.41, 5.74) is 1.54. The van der Waals surface area contributed by atoms with Crippen LogP contribution in [0.1, 0.15) is 73.8 Å². The van der Waals surface area contributed by atoms with Gasteiger partial charge >= 0.3 is 0 Å². The fraction of sp³-hybridized carbons (Fsp3) is 0.467. The van der Waals surface area contributed by atoms with E-state index in [4.69, 9.17) is 9.47 Å². The van der Waals surface area contributed by atoms with E-state index in [0.717, 1.165) is 50.7 Å². The number of hydrogen-bond acceptors (Lipinski definition) is 2. The van der Waals surface area contributed by atoms with E-state index >= 15 is 8.78 Å². The predicted octanol–water partition coefficient (Wildman–Crippen LogP) is 8.39. The number of ether oxygens (including phenoxy) is 2. The van der Waals surface area contributed by atoms with Gasteiger partial charge in [-0.05, 0) is 98.1 Å². The normalized spacial score (nSPS) is 28.6. The van der Waals surface area contributed by atoms with Gasteiger partial charge in [0.15, 0.2) is 23.7 Å². The highest BCUT2D eigenvalue weighted by Gasteiger charge is 2.31. The highest BCUT2D eigenvalue weighted by Crippen LogP contribution is 2.44. The topological polar surface area (TPSA) is 18.5 Å². The van der Waals surface area contributed by atoms with Crippen LogP contribution >= 0.6 is 0 Å². The van der Waals surface area contributed by atoms with Gasteiger partial charge < -0.3 is 9.47 Å². The molecule has 37 heavy (non-hydrogen) atoms. The lowest BCUT2D eigenvalue weighted by Crippen LogP contribution is -2.26. The van der Waals surface area contributed by atoms with Gasteiger partial charge in [0, 0.05) is 17.0 Å². The minimum atomic E-state index is -1.43. The van der Waals surface area contributed by atoms with Crippen molar-refractivity contribution in [1.82, 2.24) is 0 Å². The van der Waals surface area contributed by atoms with Gasteiger partial charge in [-0.25, -0.2) is 22.0 Å². The third-order valence-electron chi connectivity index (χ3n) is 8.28. The number of rotatable bonds is 5. The van der Waals surface area contributed by atoms with Crippen molar-refractivity contribution in [2.45, 2.75) is 57.2 Å². The zero-order chi connectivity index (χ0) is 26.1. The zero-order valence-electron chi connectivity index (χ0n) is 20.6. The molecule has 0 spiro atoms. The van der Waals surface area contributed by atoms with Crippen LogP contribution in [0.5, 0.6) is 0 Å². The SMILES string of the molecule is C=CC1COC(c2cc(F)c(C3=CCC(C4CCC(c5cc(F)c(F)c(F)c5)CC4)CC3)c(F)c2)OC1. The quantitative estimate of drug-likeness (QED) is 0.225. The summed E-state index contributed by atoms with van der Waals surface area (Å²) < 4.78 is 81.9.